The standard InChI is InChI=1S/C14H16N2O6S3/c1-16(2)25(20,21)11-5-3-4-10(8-11)9-22-14(17)13-12(6-7-23-13)24(15,18)19/h3-8H,9H2,1-2H3,(H2,15,18,19). The van der Waals surface area contributed by atoms with Gasteiger partial charge in [0.05, 0.1) is 4.90 Å². The minimum atomic E-state index is -4.03. The van der Waals surface area contributed by atoms with E-state index in [1.165, 1.54) is 43.7 Å². The Hall–Kier alpha value is -1.79. The number of nitrogens with two attached hydrogens (primary N) is 1. The van der Waals surface area contributed by atoms with Crippen molar-refractivity contribution in [3.05, 3.63) is 46.2 Å². The Balaban J connectivity index is 2.18. The van der Waals surface area contributed by atoms with Gasteiger partial charge in [-0.1, -0.05) is 12.1 Å². The lowest BCUT2D eigenvalue weighted by Gasteiger charge is -2.12. The van der Waals surface area contributed by atoms with Crippen LogP contribution in [-0.2, 0) is 31.4 Å². The Bertz CT molecular complexity index is 993. The van der Waals surface area contributed by atoms with E-state index in [0.29, 0.717) is 5.56 Å². The molecule has 2 N–H and O–H groups in total. The number of rotatable bonds is 6. The minimum Gasteiger partial charge on any atom is -0.457 e. The van der Waals surface area contributed by atoms with Crippen LogP contribution in [0.25, 0.3) is 0 Å². The third-order valence-electron chi connectivity index (χ3n) is 3.17. The average molecular weight is 404 g/mol. The van der Waals surface area contributed by atoms with Gasteiger partial charge in [-0.05, 0) is 29.1 Å². The Labute approximate surface area is 149 Å². The summed E-state index contributed by atoms with van der Waals surface area (Å²) < 4.78 is 53.2. The van der Waals surface area contributed by atoms with Crippen molar-refractivity contribution >= 4 is 37.4 Å². The molecule has 0 aliphatic rings. The molecule has 0 bridgehead atoms. The van der Waals surface area contributed by atoms with E-state index >= 15 is 0 Å². The lowest BCUT2D eigenvalue weighted by Crippen LogP contribution is -2.22. The Kier molecular flexibility index (Phi) is 5.64. The van der Waals surface area contributed by atoms with Crippen LogP contribution >= 0.6 is 11.3 Å². The largest absolute Gasteiger partial charge is 0.457 e. The highest BCUT2D eigenvalue weighted by atomic mass is 32.2. The van der Waals surface area contributed by atoms with Crippen LogP contribution in [0.5, 0.6) is 0 Å². The molecule has 11 heteroatoms. The van der Waals surface area contributed by atoms with Crippen molar-refractivity contribution in [2.24, 2.45) is 5.14 Å². The maximum Gasteiger partial charge on any atom is 0.350 e. The zero-order valence-corrected chi connectivity index (χ0v) is 15.8. The lowest BCUT2D eigenvalue weighted by molar-refractivity contribution is 0.0474. The summed E-state index contributed by atoms with van der Waals surface area (Å²) in [6.07, 6.45) is 0. The number of hydrogen-bond acceptors (Lipinski definition) is 7. The number of benzene rings is 1. The van der Waals surface area contributed by atoms with E-state index in [4.69, 9.17) is 9.88 Å². The first-order valence-electron chi connectivity index (χ1n) is 6.82. The minimum absolute atomic E-state index is 0.0624. The summed E-state index contributed by atoms with van der Waals surface area (Å²) in [4.78, 5) is 11.7. The fourth-order valence-electron chi connectivity index (χ4n) is 1.89. The Morgan fingerprint density at radius 2 is 1.88 bits per heavy atom. The van der Waals surface area contributed by atoms with Crippen molar-refractivity contribution in [3.8, 4) is 0 Å². The van der Waals surface area contributed by atoms with Gasteiger partial charge in [0.15, 0.2) is 0 Å². The van der Waals surface area contributed by atoms with Crippen LogP contribution in [0.3, 0.4) is 0 Å². The Morgan fingerprint density at radius 3 is 2.48 bits per heavy atom. The number of primary sulfonamides is 1. The van der Waals surface area contributed by atoms with Crippen molar-refractivity contribution in [1.29, 1.82) is 0 Å². The maximum atomic E-state index is 12.1. The molecule has 0 spiro atoms. The van der Waals surface area contributed by atoms with Crippen molar-refractivity contribution in [2.75, 3.05) is 14.1 Å². The zero-order valence-electron chi connectivity index (χ0n) is 13.4. The molecule has 136 valence electrons. The van der Waals surface area contributed by atoms with Gasteiger partial charge in [-0.3, -0.25) is 0 Å². The highest BCUT2D eigenvalue weighted by molar-refractivity contribution is 7.89. The molecule has 1 heterocycles. The van der Waals surface area contributed by atoms with Crippen molar-refractivity contribution < 1.29 is 26.4 Å². The summed E-state index contributed by atoms with van der Waals surface area (Å²) in [6.45, 7) is -0.211. The highest BCUT2D eigenvalue weighted by Gasteiger charge is 2.22. The molecule has 0 fully saturated rings. The van der Waals surface area contributed by atoms with E-state index in [1.54, 1.807) is 6.07 Å². The van der Waals surface area contributed by atoms with Crippen molar-refractivity contribution in [2.45, 2.75) is 16.4 Å². The monoisotopic (exact) mass is 404 g/mol. The average Bonchev–Trinajstić information content (AvgIpc) is 3.02. The molecule has 0 saturated heterocycles. The third kappa shape index (κ3) is 4.44. The second-order valence-corrected chi connectivity index (χ2v) is 9.77. The number of carbonyl (C=O) groups excluding carboxylic acids is 1. The van der Waals surface area contributed by atoms with Gasteiger partial charge in [0.25, 0.3) is 0 Å². The Morgan fingerprint density at radius 1 is 1.20 bits per heavy atom. The first-order chi connectivity index (χ1) is 11.5. The van der Waals surface area contributed by atoms with Gasteiger partial charge in [-0.25, -0.2) is 31.1 Å². The molecule has 2 aromatic rings. The smallest absolute Gasteiger partial charge is 0.350 e. The number of thiophene rings is 1. The van der Waals surface area contributed by atoms with Crippen LogP contribution in [0, 0.1) is 0 Å². The van der Waals surface area contributed by atoms with E-state index in [1.807, 2.05) is 0 Å². The summed E-state index contributed by atoms with van der Waals surface area (Å²) in [6, 6.07) is 7.16. The fourth-order valence-corrected chi connectivity index (χ4v) is 4.72. The number of hydrogen-bond donors (Lipinski definition) is 1. The quantitative estimate of drug-likeness (QED) is 0.717. The summed E-state index contributed by atoms with van der Waals surface area (Å²) >= 11 is 0.895. The fraction of sp³-hybridized carbons (Fsp3) is 0.214. The van der Waals surface area contributed by atoms with Crippen LogP contribution in [-0.4, -0.2) is 41.2 Å². The molecule has 25 heavy (non-hydrogen) atoms. The third-order valence-corrected chi connectivity index (χ3v) is 6.96. The number of ether oxygens (including phenoxy) is 1. The van der Waals surface area contributed by atoms with Crippen LogP contribution in [0.4, 0.5) is 0 Å². The van der Waals surface area contributed by atoms with Gasteiger partial charge >= 0.3 is 5.97 Å². The van der Waals surface area contributed by atoms with Crippen LogP contribution in [0.2, 0.25) is 0 Å². The summed E-state index contributed by atoms with van der Waals surface area (Å²) in [7, 11) is -4.82. The van der Waals surface area contributed by atoms with Gasteiger partial charge in [0, 0.05) is 14.1 Å². The van der Waals surface area contributed by atoms with Gasteiger partial charge in [0.1, 0.15) is 16.4 Å². The summed E-state index contributed by atoms with van der Waals surface area (Å²) in [5.41, 5.74) is 0.449. The molecule has 1 aromatic heterocycles. The normalized spacial score (nSPS) is 12.3. The molecule has 1 aromatic carbocycles. The van der Waals surface area contributed by atoms with Crippen LogP contribution in [0.15, 0.2) is 45.5 Å². The van der Waals surface area contributed by atoms with Gasteiger partial charge < -0.3 is 4.74 Å². The molecular weight excluding hydrogens is 388 g/mol. The van der Waals surface area contributed by atoms with E-state index < -0.39 is 26.0 Å². The predicted molar refractivity (Wildman–Crippen MR) is 92.1 cm³/mol. The number of nitrogens with zero attached hydrogens (tertiary/aromatic N) is 1. The number of esters is 1. The van der Waals surface area contributed by atoms with E-state index in [2.05, 4.69) is 0 Å². The summed E-state index contributed by atoms with van der Waals surface area (Å²) in [5, 5.41) is 6.46. The number of sulfonamides is 2. The molecule has 0 radical (unpaired) electrons. The van der Waals surface area contributed by atoms with E-state index in [9.17, 15) is 21.6 Å². The molecule has 0 unspecified atom stereocenters. The van der Waals surface area contributed by atoms with E-state index in [0.717, 1.165) is 15.6 Å². The van der Waals surface area contributed by atoms with Crippen molar-refractivity contribution in [3.63, 3.8) is 0 Å². The molecule has 0 atom stereocenters. The number of carbonyl (C=O) groups is 1. The van der Waals surface area contributed by atoms with Gasteiger partial charge in [0.2, 0.25) is 20.0 Å². The topological polar surface area (TPSA) is 124 Å². The predicted octanol–water partition coefficient (Wildman–Crippen LogP) is 1.00. The highest BCUT2D eigenvalue weighted by Crippen LogP contribution is 2.22. The van der Waals surface area contributed by atoms with E-state index in [-0.39, 0.29) is 21.3 Å². The summed E-state index contributed by atoms with van der Waals surface area (Å²) in [5.74, 6) is -0.847. The molecule has 0 amide bonds. The van der Waals surface area contributed by atoms with Gasteiger partial charge in [-0.15, -0.1) is 11.3 Å². The molecular formula is C14H16N2O6S3. The second kappa shape index (κ2) is 7.22. The molecule has 0 saturated carbocycles. The molecule has 2 rings (SSSR count). The van der Waals surface area contributed by atoms with Gasteiger partial charge in [-0.2, -0.15) is 0 Å². The zero-order chi connectivity index (χ0) is 18.8. The molecule has 8 nitrogen and oxygen atoms in total. The van der Waals surface area contributed by atoms with Crippen LogP contribution in [0.1, 0.15) is 15.2 Å². The van der Waals surface area contributed by atoms with Crippen LogP contribution < -0.4 is 5.14 Å². The molecule has 0 aliphatic heterocycles. The maximum absolute atomic E-state index is 12.1. The molecule has 0 aliphatic carbocycles. The second-order valence-electron chi connectivity index (χ2n) is 5.17. The SMILES string of the molecule is CN(C)S(=O)(=O)c1cccc(COC(=O)c2sccc2S(N)(=O)=O)c1. The first-order valence-corrected chi connectivity index (χ1v) is 10.7. The first kappa shape index (κ1) is 19.5. The van der Waals surface area contributed by atoms with Crippen molar-refractivity contribution in [1.82, 2.24) is 4.31 Å². The lowest BCUT2D eigenvalue weighted by atomic mass is 10.2.